The van der Waals surface area contributed by atoms with Gasteiger partial charge in [0.25, 0.3) is 5.91 Å². The minimum Gasteiger partial charge on any atom is -0.493 e. The molecule has 0 unspecified atom stereocenters. The number of hydrogen-bond donors (Lipinski definition) is 2. The molecule has 1 saturated carbocycles. The van der Waals surface area contributed by atoms with E-state index < -0.39 is 0 Å². The molecular weight excluding hydrogens is 276 g/mol. The Morgan fingerprint density at radius 1 is 1.14 bits per heavy atom. The van der Waals surface area contributed by atoms with E-state index in [9.17, 15) is 4.79 Å². The lowest BCUT2D eigenvalue weighted by molar-refractivity contribution is 0.0953. The van der Waals surface area contributed by atoms with Crippen molar-refractivity contribution in [2.24, 2.45) is 11.7 Å². The zero-order valence-corrected chi connectivity index (χ0v) is 13.4. The maximum atomic E-state index is 11.9. The number of nitrogens with one attached hydrogen (secondary N) is 1. The summed E-state index contributed by atoms with van der Waals surface area (Å²) in [5, 5.41) is 2.90. The molecule has 1 fully saturated rings. The van der Waals surface area contributed by atoms with Crippen molar-refractivity contribution in [3.8, 4) is 5.75 Å². The number of amides is 1. The molecule has 0 aromatic heterocycles. The van der Waals surface area contributed by atoms with Gasteiger partial charge in [-0.2, -0.15) is 0 Å². The normalized spacial score (nSPS) is 15.5. The first kappa shape index (κ1) is 16.8. The third-order valence-electron chi connectivity index (χ3n) is 4.24. The molecule has 22 heavy (non-hydrogen) atoms. The van der Waals surface area contributed by atoms with Crippen molar-refractivity contribution < 1.29 is 9.53 Å². The quantitative estimate of drug-likeness (QED) is 0.725. The van der Waals surface area contributed by atoms with E-state index in [4.69, 9.17) is 10.5 Å². The van der Waals surface area contributed by atoms with Crippen molar-refractivity contribution in [2.45, 2.75) is 44.9 Å². The number of ether oxygens (including phenoxy) is 1. The van der Waals surface area contributed by atoms with E-state index in [-0.39, 0.29) is 5.91 Å². The van der Waals surface area contributed by atoms with E-state index in [1.807, 2.05) is 24.3 Å². The highest BCUT2D eigenvalue weighted by Gasteiger charge is 2.14. The Labute approximate surface area is 133 Å². The molecule has 0 atom stereocenters. The van der Waals surface area contributed by atoms with E-state index in [1.54, 1.807) is 0 Å². The molecule has 0 spiro atoms. The smallest absolute Gasteiger partial charge is 0.251 e. The fourth-order valence-corrected chi connectivity index (χ4v) is 2.84. The summed E-state index contributed by atoms with van der Waals surface area (Å²) in [6, 6.07) is 7.43. The van der Waals surface area contributed by atoms with Gasteiger partial charge in [0.05, 0.1) is 6.61 Å². The fourth-order valence-electron chi connectivity index (χ4n) is 2.84. The number of carbonyl (C=O) groups is 1. The lowest BCUT2D eigenvalue weighted by atomic mass is 9.90. The van der Waals surface area contributed by atoms with Gasteiger partial charge in [0, 0.05) is 12.1 Å². The van der Waals surface area contributed by atoms with E-state index in [2.05, 4.69) is 5.32 Å². The SMILES string of the molecule is NCCCCNC(=O)c1ccc(OCC2CCCCC2)cc1. The van der Waals surface area contributed by atoms with Crippen LogP contribution in [0.15, 0.2) is 24.3 Å². The molecule has 0 bridgehead atoms. The van der Waals surface area contributed by atoms with Crippen molar-refractivity contribution in [1.29, 1.82) is 0 Å². The first-order valence-corrected chi connectivity index (χ1v) is 8.50. The van der Waals surface area contributed by atoms with E-state index >= 15 is 0 Å². The number of unbranched alkanes of at least 4 members (excludes halogenated alkanes) is 1. The summed E-state index contributed by atoms with van der Waals surface area (Å²) >= 11 is 0. The molecule has 3 N–H and O–H groups in total. The van der Waals surface area contributed by atoms with E-state index in [0.29, 0.717) is 24.6 Å². The van der Waals surface area contributed by atoms with Gasteiger partial charge in [-0.3, -0.25) is 4.79 Å². The second-order valence-electron chi connectivity index (χ2n) is 6.09. The largest absolute Gasteiger partial charge is 0.493 e. The Hall–Kier alpha value is -1.55. The first-order chi connectivity index (χ1) is 10.8. The van der Waals surface area contributed by atoms with Crippen LogP contribution in [0.2, 0.25) is 0 Å². The molecule has 0 radical (unpaired) electrons. The zero-order valence-electron chi connectivity index (χ0n) is 13.4. The van der Waals surface area contributed by atoms with E-state index in [0.717, 1.165) is 25.2 Å². The van der Waals surface area contributed by atoms with Crippen LogP contribution >= 0.6 is 0 Å². The lowest BCUT2D eigenvalue weighted by Crippen LogP contribution is -2.24. The molecule has 122 valence electrons. The summed E-state index contributed by atoms with van der Waals surface area (Å²) in [5.41, 5.74) is 6.11. The summed E-state index contributed by atoms with van der Waals surface area (Å²) in [7, 11) is 0. The van der Waals surface area contributed by atoms with Crippen LogP contribution < -0.4 is 15.8 Å². The standard InChI is InChI=1S/C18H28N2O2/c19-12-4-5-13-20-18(21)16-8-10-17(11-9-16)22-14-15-6-2-1-3-7-15/h8-11,15H,1-7,12-14,19H2,(H,20,21). The van der Waals surface area contributed by atoms with Gasteiger partial charge in [-0.25, -0.2) is 0 Å². The molecule has 0 heterocycles. The lowest BCUT2D eigenvalue weighted by Gasteiger charge is -2.21. The Morgan fingerprint density at radius 3 is 2.55 bits per heavy atom. The van der Waals surface area contributed by atoms with Crippen LogP contribution in [0.4, 0.5) is 0 Å². The average Bonchev–Trinajstić information content (AvgIpc) is 2.58. The second kappa shape index (κ2) is 9.46. The Balaban J connectivity index is 1.73. The molecular formula is C18H28N2O2. The summed E-state index contributed by atoms with van der Waals surface area (Å²) in [6.45, 7) is 2.14. The third kappa shape index (κ3) is 5.68. The van der Waals surface area contributed by atoms with Crippen LogP contribution in [0, 0.1) is 5.92 Å². The summed E-state index contributed by atoms with van der Waals surface area (Å²) < 4.78 is 5.85. The van der Waals surface area contributed by atoms with Crippen LogP contribution in [0.1, 0.15) is 55.3 Å². The van der Waals surface area contributed by atoms with Gasteiger partial charge in [0.1, 0.15) is 5.75 Å². The van der Waals surface area contributed by atoms with Crippen molar-refractivity contribution in [3.05, 3.63) is 29.8 Å². The minimum atomic E-state index is -0.0316. The molecule has 2 rings (SSSR count). The third-order valence-corrected chi connectivity index (χ3v) is 4.24. The molecule has 0 saturated heterocycles. The van der Waals surface area contributed by atoms with Crippen molar-refractivity contribution in [2.75, 3.05) is 19.7 Å². The van der Waals surface area contributed by atoms with Gasteiger partial charge in [-0.05, 0) is 62.4 Å². The summed E-state index contributed by atoms with van der Waals surface area (Å²) in [5.74, 6) is 1.51. The number of nitrogens with two attached hydrogens (primary N) is 1. The molecule has 1 amide bonds. The maximum Gasteiger partial charge on any atom is 0.251 e. The van der Waals surface area contributed by atoms with Crippen LogP contribution in [-0.2, 0) is 0 Å². The second-order valence-corrected chi connectivity index (χ2v) is 6.09. The van der Waals surface area contributed by atoms with Crippen molar-refractivity contribution >= 4 is 5.91 Å². The van der Waals surface area contributed by atoms with Gasteiger partial charge in [-0.1, -0.05) is 19.3 Å². The molecule has 1 aliphatic carbocycles. The number of carbonyl (C=O) groups excluding carboxylic acids is 1. The van der Waals surface area contributed by atoms with Crippen molar-refractivity contribution in [3.63, 3.8) is 0 Å². The minimum absolute atomic E-state index is 0.0316. The highest BCUT2D eigenvalue weighted by atomic mass is 16.5. The average molecular weight is 304 g/mol. The molecule has 1 aromatic carbocycles. The topological polar surface area (TPSA) is 64.3 Å². The first-order valence-electron chi connectivity index (χ1n) is 8.50. The monoisotopic (exact) mass is 304 g/mol. The van der Waals surface area contributed by atoms with E-state index in [1.165, 1.54) is 32.1 Å². The summed E-state index contributed by atoms with van der Waals surface area (Å²) in [6.07, 6.45) is 8.45. The zero-order chi connectivity index (χ0) is 15.6. The van der Waals surface area contributed by atoms with Gasteiger partial charge in [-0.15, -0.1) is 0 Å². The molecule has 1 aliphatic rings. The van der Waals surface area contributed by atoms with Crippen LogP contribution in [0.3, 0.4) is 0 Å². The van der Waals surface area contributed by atoms with Gasteiger partial charge >= 0.3 is 0 Å². The maximum absolute atomic E-state index is 11.9. The van der Waals surface area contributed by atoms with Gasteiger partial charge in [0.2, 0.25) is 0 Å². The molecule has 0 aliphatic heterocycles. The number of benzene rings is 1. The Kier molecular flexibility index (Phi) is 7.23. The van der Waals surface area contributed by atoms with Crippen molar-refractivity contribution in [1.82, 2.24) is 5.32 Å². The Bertz CT molecular complexity index is 439. The predicted octanol–water partition coefficient (Wildman–Crippen LogP) is 3.11. The van der Waals surface area contributed by atoms with Crippen LogP contribution in [0.5, 0.6) is 5.75 Å². The van der Waals surface area contributed by atoms with Crippen LogP contribution in [0.25, 0.3) is 0 Å². The molecule has 4 heteroatoms. The fraction of sp³-hybridized carbons (Fsp3) is 0.611. The van der Waals surface area contributed by atoms with Crippen LogP contribution in [-0.4, -0.2) is 25.6 Å². The molecule has 1 aromatic rings. The number of hydrogen-bond acceptors (Lipinski definition) is 3. The highest BCUT2D eigenvalue weighted by Crippen LogP contribution is 2.24. The summed E-state index contributed by atoms with van der Waals surface area (Å²) in [4.78, 5) is 11.9. The number of rotatable bonds is 8. The highest BCUT2D eigenvalue weighted by molar-refractivity contribution is 5.94. The molecule has 4 nitrogen and oxygen atoms in total. The van der Waals surface area contributed by atoms with Gasteiger partial charge in [0.15, 0.2) is 0 Å². The van der Waals surface area contributed by atoms with Gasteiger partial charge < -0.3 is 15.8 Å². The Morgan fingerprint density at radius 2 is 1.86 bits per heavy atom. The predicted molar refractivity (Wildman–Crippen MR) is 89.1 cm³/mol.